The molecule has 2 amide bonds. The van der Waals surface area contributed by atoms with E-state index >= 15 is 0 Å². The fourth-order valence-electron chi connectivity index (χ4n) is 2.56. The summed E-state index contributed by atoms with van der Waals surface area (Å²) in [6.07, 6.45) is 0.728. The first-order valence-corrected chi connectivity index (χ1v) is 7.52. The van der Waals surface area contributed by atoms with Crippen molar-refractivity contribution in [2.75, 3.05) is 39.8 Å². The van der Waals surface area contributed by atoms with Crippen LogP contribution in [0.5, 0.6) is 5.75 Å². The molecule has 0 aliphatic carbocycles. The lowest BCUT2D eigenvalue weighted by Gasteiger charge is -2.35. The van der Waals surface area contributed by atoms with Crippen molar-refractivity contribution in [1.82, 2.24) is 9.80 Å². The van der Waals surface area contributed by atoms with E-state index in [1.54, 1.807) is 12.0 Å². The van der Waals surface area contributed by atoms with Gasteiger partial charge in [0, 0.05) is 39.1 Å². The van der Waals surface area contributed by atoms with Crippen LogP contribution in [0.2, 0.25) is 0 Å². The van der Waals surface area contributed by atoms with E-state index in [0.717, 1.165) is 11.3 Å². The highest BCUT2D eigenvalue weighted by molar-refractivity contribution is 5.85. The van der Waals surface area contributed by atoms with Crippen molar-refractivity contribution in [2.45, 2.75) is 12.8 Å². The number of nitrogens with zero attached hydrogens (tertiary/aromatic N) is 2. The van der Waals surface area contributed by atoms with Crippen LogP contribution in [-0.2, 0) is 16.0 Å². The first kappa shape index (κ1) is 19.3. The fraction of sp³-hybridized carbons (Fsp3) is 0.500. The van der Waals surface area contributed by atoms with Crippen LogP contribution < -0.4 is 10.5 Å². The Balaban J connectivity index is 0.00000264. The average Bonchev–Trinajstić information content (AvgIpc) is 2.55. The lowest BCUT2D eigenvalue weighted by atomic mass is 10.1. The molecule has 0 radical (unpaired) electrons. The van der Waals surface area contributed by atoms with Crippen molar-refractivity contribution < 1.29 is 14.3 Å². The van der Waals surface area contributed by atoms with Crippen molar-refractivity contribution in [3.63, 3.8) is 0 Å². The van der Waals surface area contributed by atoms with Gasteiger partial charge in [0.15, 0.2) is 0 Å². The first-order valence-electron chi connectivity index (χ1n) is 7.52. The van der Waals surface area contributed by atoms with Gasteiger partial charge in [0.2, 0.25) is 11.8 Å². The molecule has 0 bridgehead atoms. The summed E-state index contributed by atoms with van der Waals surface area (Å²) in [6, 6.07) is 7.53. The predicted molar refractivity (Wildman–Crippen MR) is 90.8 cm³/mol. The van der Waals surface area contributed by atoms with E-state index in [2.05, 4.69) is 0 Å². The minimum Gasteiger partial charge on any atom is -0.497 e. The number of amides is 2. The van der Waals surface area contributed by atoms with Gasteiger partial charge in [-0.2, -0.15) is 0 Å². The van der Waals surface area contributed by atoms with Crippen LogP contribution in [0, 0.1) is 0 Å². The van der Waals surface area contributed by atoms with E-state index in [0.29, 0.717) is 45.6 Å². The quantitative estimate of drug-likeness (QED) is 0.854. The van der Waals surface area contributed by atoms with E-state index in [1.165, 1.54) is 0 Å². The van der Waals surface area contributed by atoms with E-state index < -0.39 is 0 Å². The topological polar surface area (TPSA) is 75.9 Å². The van der Waals surface area contributed by atoms with Gasteiger partial charge in [0.05, 0.1) is 13.5 Å². The summed E-state index contributed by atoms with van der Waals surface area (Å²) in [4.78, 5) is 27.7. The van der Waals surface area contributed by atoms with Gasteiger partial charge in [-0.15, -0.1) is 12.4 Å². The zero-order valence-corrected chi connectivity index (χ0v) is 14.2. The molecule has 1 aliphatic heterocycles. The molecule has 1 aliphatic rings. The zero-order valence-electron chi connectivity index (χ0n) is 13.4. The third-order valence-corrected chi connectivity index (χ3v) is 3.83. The number of rotatable bonds is 5. The number of piperazine rings is 1. The highest BCUT2D eigenvalue weighted by Crippen LogP contribution is 2.14. The smallest absolute Gasteiger partial charge is 0.227 e. The molecule has 2 N–H and O–H groups in total. The molecule has 128 valence electrons. The highest BCUT2D eigenvalue weighted by Gasteiger charge is 2.23. The minimum absolute atomic E-state index is 0. The molecule has 1 aromatic rings. The lowest BCUT2D eigenvalue weighted by molar-refractivity contribution is -0.139. The summed E-state index contributed by atoms with van der Waals surface area (Å²) >= 11 is 0. The molecule has 7 heteroatoms. The van der Waals surface area contributed by atoms with E-state index in [9.17, 15) is 9.59 Å². The van der Waals surface area contributed by atoms with Crippen LogP contribution >= 0.6 is 12.4 Å². The first-order chi connectivity index (χ1) is 10.6. The Morgan fingerprint density at radius 1 is 1.13 bits per heavy atom. The number of ether oxygens (including phenoxy) is 1. The third-order valence-electron chi connectivity index (χ3n) is 3.83. The maximum Gasteiger partial charge on any atom is 0.227 e. The molecule has 0 spiro atoms. The van der Waals surface area contributed by atoms with Gasteiger partial charge in [0.1, 0.15) is 5.75 Å². The Kier molecular flexibility index (Phi) is 7.85. The summed E-state index contributed by atoms with van der Waals surface area (Å²) in [7, 11) is 1.61. The average molecular weight is 342 g/mol. The van der Waals surface area contributed by atoms with Crippen LogP contribution in [0.4, 0.5) is 0 Å². The van der Waals surface area contributed by atoms with E-state index in [-0.39, 0.29) is 24.2 Å². The maximum atomic E-state index is 12.3. The largest absolute Gasteiger partial charge is 0.497 e. The molecule has 0 unspecified atom stereocenters. The fourth-order valence-corrected chi connectivity index (χ4v) is 2.56. The van der Waals surface area contributed by atoms with Gasteiger partial charge in [-0.1, -0.05) is 12.1 Å². The van der Waals surface area contributed by atoms with Crippen molar-refractivity contribution in [1.29, 1.82) is 0 Å². The van der Waals surface area contributed by atoms with E-state index in [4.69, 9.17) is 10.5 Å². The Morgan fingerprint density at radius 2 is 1.74 bits per heavy atom. The van der Waals surface area contributed by atoms with Gasteiger partial charge < -0.3 is 20.3 Å². The maximum absolute atomic E-state index is 12.3. The molecule has 1 fully saturated rings. The molecular formula is C16H24ClN3O3. The predicted octanol–water partition coefficient (Wildman–Crippen LogP) is 0.679. The van der Waals surface area contributed by atoms with E-state index in [1.807, 2.05) is 29.2 Å². The molecule has 1 aromatic carbocycles. The highest BCUT2D eigenvalue weighted by atomic mass is 35.5. The van der Waals surface area contributed by atoms with Gasteiger partial charge in [-0.3, -0.25) is 9.59 Å². The Bertz CT molecular complexity index is 531. The summed E-state index contributed by atoms with van der Waals surface area (Å²) in [5.41, 5.74) is 6.34. The number of carbonyl (C=O) groups excluding carboxylic acids is 2. The second-order valence-corrected chi connectivity index (χ2v) is 5.33. The summed E-state index contributed by atoms with van der Waals surface area (Å²) in [5, 5.41) is 0. The minimum atomic E-state index is 0. The van der Waals surface area contributed by atoms with Crippen LogP contribution in [0.1, 0.15) is 12.0 Å². The van der Waals surface area contributed by atoms with Gasteiger partial charge in [0.25, 0.3) is 0 Å². The molecule has 0 saturated carbocycles. The molecule has 1 saturated heterocycles. The van der Waals surface area contributed by atoms with Crippen molar-refractivity contribution in [3.8, 4) is 5.75 Å². The standard InChI is InChI=1S/C16H23N3O3.ClH/c1-22-14-4-2-3-13(11-14)12-16(21)19-9-7-18(8-10-19)15(20)5-6-17;/h2-4,11H,5-10,12,17H2,1H3;1H. The lowest BCUT2D eigenvalue weighted by Crippen LogP contribution is -2.51. The number of halogens is 1. The van der Waals surface area contributed by atoms with Gasteiger partial charge >= 0.3 is 0 Å². The molecule has 0 atom stereocenters. The van der Waals surface area contributed by atoms with Gasteiger partial charge in [-0.05, 0) is 17.7 Å². The number of hydrogen-bond donors (Lipinski definition) is 1. The third kappa shape index (κ3) is 5.41. The van der Waals surface area contributed by atoms with Crippen LogP contribution in [0.15, 0.2) is 24.3 Å². The van der Waals surface area contributed by atoms with Crippen LogP contribution in [-0.4, -0.2) is 61.4 Å². The van der Waals surface area contributed by atoms with Gasteiger partial charge in [-0.25, -0.2) is 0 Å². The molecule has 0 aromatic heterocycles. The number of methoxy groups -OCH3 is 1. The summed E-state index contributed by atoms with van der Waals surface area (Å²) in [6.45, 7) is 2.71. The number of carbonyl (C=O) groups is 2. The number of nitrogens with two attached hydrogens (primary N) is 1. The monoisotopic (exact) mass is 341 g/mol. The molecular weight excluding hydrogens is 318 g/mol. The summed E-state index contributed by atoms with van der Waals surface area (Å²) in [5.74, 6) is 0.907. The molecule has 6 nitrogen and oxygen atoms in total. The van der Waals surface area contributed by atoms with Crippen molar-refractivity contribution in [2.24, 2.45) is 5.73 Å². The second kappa shape index (κ2) is 9.37. The SMILES string of the molecule is COc1cccc(CC(=O)N2CCN(C(=O)CCN)CC2)c1.Cl. The van der Waals surface area contributed by atoms with Crippen LogP contribution in [0.25, 0.3) is 0 Å². The Hall–Kier alpha value is -1.79. The van der Waals surface area contributed by atoms with Crippen molar-refractivity contribution in [3.05, 3.63) is 29.8 Å². The Morgan fingerprint density at radius 3 is 2.30 bits per heavy atom. The molecule has 23 heavy (non-hydrogen) atoms. The number of hydrogen-bond acceptors (Lipinski definition) is 4. The van der Waals surface area contributed by atoms with Crippen LogP contribution in [0.3, 0.4) is 0 Å². The normalized spacial score (nSPS) is 14.2. The van der Waals surface area contributed by atoms with Crippen molar-refractivity contribution >= 4 is 24.2 Å². The zero-order chi connectivity index (χ0) is 15.9. The molecule has 2 rings (SSSR count). The summed E-state index contributed by atoms with van der Waals surface area (Å²) < 4.78 is 5.17. The number of benzene rings is 1. The molecule has 1 heterocycles. The Labute approximate surface area is 143 Å². The second-order valence-electron chi connectivity index (χ2n) is 5.33.